The average Bonchev–Trinajstić information content (AvgIpc) is 0.827. The normalized spacial score (nSPS) is 10.1. The number of aryl methyl sites for hydroxylation is 1. The predicted molar refractivity (Wildman–Crippen MR) is 481 cm³/mol. The highest BCUT2D eigenvalue weighted by Crippen LogP contribution is 2.26. The van der Waals surface area contributed by atoms with Gasteiger partial charge in [-0.25, -0.2) is 38.4 Å². The van der Waals surface area contributed by atoms with Gasteiger partial charge in [0.2, 0.25) is 0 Å². The maximum absolute atomic E-state index is 13.1. The first-order valence-corrected chi connectivity index (χ1v) is 41.7. The Hall–Kier alpha value is -14.8. The van der Waals surface area contributed by atoms with Crippen molar-refractivity contribution < 1.29 is 114 Å². The highest BCUT2D eigenvalue weighted by atomic mass is 16.6. The third-order valence-electron chi connectivity index (χ3n) is 17.9. The van der Waals surface area contributed by atoms with Crippen LogP contribution in [0.2, 0.25) is 0 Å². The number of unbranched alkanes of at least 4 members (excludes halogenated alkanes) is 10. The van der Waals surface area contributed by atoms with Crippen molar-refractivity contribution in [2.75, 3.05) is 79.3 Å². The lowest BCUT2D eigenvalue weighted by Gasteiger charge is -2.11. The van der Waals surface area contributed by atoms with E-state index in [9.17, 15) is 47.9 Å². The Morgan fingerprint density at radius 3 is 0.724 bits per heavy atom. The second-order valence-electron chi connectivity index (χ2n) is 27.6. The minimum Gasteiger partial charge on any atom is -0.494 e. The molecule has 8 aromatic rings. The van der Waals surface area contributed by atoms with E-state index >= 15 is 0 Å². The molecule has 8 aromatic carbocycles. The average molecular weight is 1730 g/mol. The number of rotatable bonds is 54. The van der Waals surface area contributed by atoms with Crippen molar-refractivity contribution in [1.82, 2.24) is 0 Å². The summed E-state index contributed by atoms with van der Waals surface area (Å²) in [6, 6.07) is 53.4. The molecular formula is C103H108O24. The summed E-state index contributed by atoms with van der Waals surface area (Å²) in [5, 5.41) is 0. The summed E-state index contributed by atoms with van der Waals surface area (Å²) < 4.78 is 74.8. The summed E-state index contributed by atoms with van der Waals surface area (Å²) in [6.45, 7) is 27.1. The smallest absolute Gasteiger partial charge is 0.343 e. The van der Waals surface area contributed by atoms with E-state index in [1.54, 1.807) is 146 Å². The van der Waals surface area contributed by atoms with Crippen molar-refractivity contribution in [1.29, 1.82) is 0 Å². The van der Waals surface area contributed by atoms with Crippen molar-refractivity contribution >= 4 is 59.3 Å². The zero-order chi connectivity index (χ0) is 91.3. The molecule has 0 amide bonds. The van der Waals surface area contributed by atoms with Crippen LogP contribution >= 0.6 is 0 Å². The van der Waals surface area contributed by atoms with Gasteiger partial charge in [0.15, 0.2) is 11.6 Å². The number of hydrogen-bond donors (Lipinski definition) is 0. The van der Waals surface area contributed by atoms with Gasteiger partial charge < -0.3 is 66.3 Å². The van der Waals surface area contributed by atoms with E-state index < -0.39 is 47.8 Å². The van der Waals surface area contributed by atoms with Gasteiger partial charge in [-0.05, 0) is 315 Å². The first kappa shape index (κ1) is 101. The second kappa shape index (κ2) is 60.7. The lowest BCUT2D eigenvalue weighted by atomic mass is 10.0. The third-order valence-corrected chi connectivity index (χ3v) is 17.9. The maximum Gasteiger partial charge on any atom is 0.343 e. The van der Waals surface area contributed by atoms with E-state index in [2.05, 4.69) is 63.2 Å². The van der Waals surface area contributed by atoms with Gasteiger partial charge in [0, 0.05) is 69.8 Å². The van der Waals surface area contributed by atoms with E-state index in [1.165, 1.54) is 0 Å². The van der Waals surface area contributed by atoms with Crippen LogP contribution in [0.3, 0.4) is 0 Å². The Kier molecular flexibility index (Phi) is 48.3. The van der Waals surface area contributed by atoms with E-state index in [1.807, 2.05) is 48.5 Å². The number of benzene rings is 8. The standard InChI is InChI=1S/C39H44O9.C34H34O9.C30H30O6/c1-4-36(40)46-26-12-8-6-10-24-44-33-19-14-30(15-20-33)38(42)32-18-23-35(29(3)28-32)48-39(43)31-16-21-34(22-17-31)45-25-11-7-9-13-27-47-37(41)5-2;1-3-31(35)41-23-7-5-21-39-28-15-9-25(10-16-28)33(37)26-11-19-30(20-12-26)43-34(38)27-13-17-29(18-14-27)40-22-6-8-24-42-32(36)4-2;1-3-29(31)35-23-9-7-21-33-27-17-13-25(14-18-27)11-5-6-12-26-15-19-28(20-16-26)34-22-8-10-24-36-30(32)4-2/h4-5,14-23,28H,1-2,6-13,24-27H2,3H3;3-4,9-20H,1-2,5-8,21-24H2;3-4,13-20H,1-2,7-10,21-24H2. The fourth-order valence-electron chi connectivity index (χ4n) is 11.0. The first-order chi connectivity index (χ1) is 61.8. The Balaban J connectivity index is 0.000000297. The van der Waals surface area contributed by atoms with Crippen LogP contribution in [0.1, 0.15) is 172 Å². The van der Waals surface area contributed by atoms with Crippen molar-refractivity contribution in [2.45, 2.75) is 110 Å². The Morgan fingerprint density at radius 2 is 0.457 bits per heavy atom. The topological polar surface area (TPSA) is 300 Å². The molecule has 24 heteroatoms. The molecule has 0 aliphatic rings. The van der Waals surface area contributed by atoms with Gasteiger partial charge in [-0.3, -0.25) is 9.59 Å². The lowest BCUT2D eigenvalue weighted by molar-refractivity contribution is -0.138. The molecule has 0 aromatic heterocycles. The van der Waals surface area contributed by atoms with E-state index in [0.717, 1.165) is 136 Å². The highest BCUT2D eigenvalue weighted by molar-refractivity contribution is 6.10. The molecule has 0 radical (unpaired) electrons. The Morgan fingerprint density at radius 1 is 0.244 bits per heavy atom. The van der Waals surface area contributed by atoms with Crippen LogP contribution in [0.15, 0.2) is 264 Å². The van der Waals surface area contributed by atoms with Crippen LogP contribution in [-0.4, -0.2) is 139 Å². The number of carbonyl (C=O) groups is 10. The zero-order valence-corrected chi connectivity index (χ0v) is 71.7. The molecule has 0 saturated carbocycles. The molecule has 0 spiro atoms. The van der Waals surface area contributed by atoms with Crippen LogP contribution in [0.5, 0.6) is 46.0 Å². The monoisotopic (exact) mass is 1730 g/mol. The minimum atomic E-state index is -0.539. The summed E-state index contributed by atoms with van der Waals surface area (Å²) in [7, 11) is 0. The van der Waals surface area contributed by atoms with E-state index in [4.69, 9.17) is 66.3 Å². The lowest BCUT2D eigenvalue weighted by Crippen LogP contribution is -2.10. The predicted octanol–water partition coefficient (Wildman–Crippen LogP) is 18.6. The maximum atomic E-state index is 13.1. The molecule has 0 heterocycles. The number of ether oxygens (including phenoxy) is 14. The molecule has 24 nitrogen and oxygen atoms in total. The van der Waals surface area contributed by atoms with Crippen molar-refractivity contribution in [2.24, 2.45) is 0 Å². The van der Waals surface area contributed by atoms with Crippen molar-refractivity contribution in [3.63, 3.8) is 0 Å². The number of carbonyl (C=O) groups excluding carboxylic acids is 10. The fourth-order valence-corrected chi connectivity index (χ4v) is 11.0. The van der Waals surface area contributed by atoms with Gasteiger partial charge in [-0.15, -0.1) is 0 Å². The van der Waals surface area contributed by atoms with E-state index in [0.29, 0.717) is 178 Å². The molecule has 127 heavy (non-hydrogen) atoms. The van der Waals surface area contributed by atoms with Crippen LogP contribution in [0.25, 0.3) is 0 Å². The van der Waals surface area contributed by atoms with Gasteiger partial charge in [-0.1, -0.05) is 51.3 Å². The van der Waals surface area contributed by atoms with Gasteiger partial charge >= 0.3 is 47.8 Å². The highest BCUT2D eigenvalue weighted by Gasteiger charge is 2.18. The summed E-state index contributed by atoms with van der Waals surface area (Å²) >= 11 is 0. The van der Waals surface area contributed by atoms with Crippen molar-refractivity contribution in [3.8, 4) is 69.7 Å². The summed E-state index contributed by atoms with van der Waals surface area (Å²) in [6.07, 6.45) is 19.7. The molecule has 8 rings (SSSR count). The fraction of sp³-hybridized carbons (Fsp3) is 0.282. The molecule has 0 aliphatic heterocycles. The SMILES string of the molecule is C=CC(=O)OCCCCCCOc1ccc(C(=O)Oc2ccc(C(=O)c3ccc(OCCCCCCOC(=O)C=C)cc3)cc2C)cc1.C=CC(=O)OCCCCOc1ccc(C#CC#Cc2ccc(OCCCCOC(=O)C=C)cc2)cc1.C=CC(=O)OCCCCOc1ccc(C(=O)Oc2ccc(C(=O)c3ccc(OCCCCOC(=O)C=C)cc3)cc2)cc1. The molecule has 0 atom stereocenters. The molecule has 0 aliphatic carbocycles. The molecule has 664 valence electrons. The largest absolute Gasteiger partial charge is 0.494 e. The second-order valence-corrected chi connectivity index (χ2v) is 27.6. The molecule has 0 fully saturated rings. The quantitative estimate of drug-likeness (QED) is 0.00650. The van der Waals surface area contributed by atoms with Gasteiger partial charge in [0.05, 0.1) is 90.4 Å². The van der Waals surface area contributed by atoms with Crippen LogP contribution in [0, 0.1) is 30.6 Å². The van der Waals surface area contributed by atoms with Gasteiger partial charge in [0.1, 0.15) is 46.0 Å². The van der Waals surface area contributed by atoms with Gasteiger partial charge in [0.25, 0.3) is 0 Å². The van der Waals surface area contributed by atoms with Crippen LogP contribution in [-0.2, 0) is 57.2 Å². The Labute approximate surface area is 742 Å². The summed E-state index contributed by atoms with van der Waals surface area (Å²) in [5.74, 6) is 12.6. The van der Waals surface area contributed by atoms with Gasteiger partial charge in [-0.2, -0.15) is 0 Å². The summed E-state index contributed by atoms with van der Waals surface area (Å²) in [5.41, 5.74) is 5.02. The first-order valence-electron chi connectivity index (χ1n) is 41.7. The summed E-state index contributed by atoms with van der Waals surface area (Å²) in [4.78, 5) is 117. The number of ketones is 2. The molecular weight excluding hydrogens is 1620 g/mol. The Bertz CT molecular complexity index is 4890. The number of hydrogen-bond acceptors (Lipinski definition) is 24. The molecule has 0 saturated heterocycles. The molecule has 0 bridgehead atoms. The zero-order valence-electron chi connectivity index (χ0n) is 71.7. The molecule has 0 unspecified atom stereocenters. The number of esters is 8. The van der Waals surface area contributed by atoms with Crippen LogP contribution in [0.4, 0.5) is 0 Å². The van der Waals surface area contributed by atoms with Crippen LogP contribution < -0.4 is 37.9 Å². The van der Waals surface area contributed by atoms with E-state index in [-0.39, 0.29) is 11.6 Å². The minimum absolute atomic E-state index is 0.149. The third kappa shape index (κ3) is 42.2. The van der Waals surface area contributed by atoms with Crippen molar-refractivity contribution in [3.05, 3.63) is 314 Å². The molecule has 0 N–H and O–H groups in total.